The number of carbonyl (C=O) groups excluding carboxylic acids is 2. The maximum Gasteiger partial charge on any atom is 0.341 e. The van der Waals surface area contributed by atoms with Gasteiger partial charge in [0.25, 0.3) is 0 Å². The van der Waals surface area contributed by atoms with E-state index in [1.165, 1.54) is 7.11 Å². The Morgan fingerprint density at radius 1 is 1.22 bits per heavy atom. The van der Waals surface area contributed by atoms with Crippen LogP contribution in [0.15, 0.2) is 12.1 Å². The highest BCUT2D eigenvalue weighted by atomic mass is 16.5. The van der Waals surface area contributed by atoms with Crippen molar-refractivity contribution in [3.05, 3.63) is 17.7 Å². The number of aromatic hydroxyl groups is 2. The van der Waals surface area contributed by atoms with Crippen LogP contribution in [0.4, 0.5) is 5.69 Å². The maximum atomic E-state index is 11.5. The first-order valence-corrected chi connectivity index (χ1v) is 5.32. The summed E-state index contributed by atoms with van der Waals surface area (Å²) in [6.45, 7) is 3.38. The van der Waals surface area contributed by atoms with Gasteiger partial charge in [0.2, 0.25) is 5.91 Å². The van der Waals surface area contributed by atoms with Gasteiger partial charge in [-0.05, 0) is 6.07 Å². The molecule has 0 saturated carbocycles. The van der Waals surface area contributed by atoms with Crippen molar-refractivity contribution in [2.24, 2.45) is 5.92 Å². The third-order valence-corrected chi connectivity index (χ3v) is 2.30. The molecule has 0 aliphatic rings. The SMILES string of the molecule is COC(=O)c1cc(NC(=O)C(C)C)c(O)cc1O. The first-order chi connectivity index (χ1) is 8.36. The predicted octanol–water partition coefficient (Wildman–Crippen LogP) is 1.48. The number of phenolic OH excluding ortho intramolecular Hbond substituents is 2. The summed E-state index contributed by atoms with van der Waals surface area (Å²) in [5.41, 5.74) is -0.0822. The summed E-state index contributed by atoms with van der Waals surface area (Å²) in [6.07, 6.45) is 0. The van der Waals surface area contributed by atoms with Gasteiger partial charge in [0.05, 0.1) is 12.8 Å². The van der Waals surface area contributed by atoms with Crippen molar-refractivity contribution >= 4 is 17.6 Å². The molecule has 1 amide bonds. The average Bonchev–Trinajstić information content (AvgIpc) is 2.31. The third-order valence-electron chi connectivity index (χ3n) is 2.30. The van der Waals surface area contributed by atoms with Crippen LogP contribution in [0, 0.1) is 5.92 Å². The zero-order valence-corrected chi connectivity index (χ0v) is 10.4. The first kappa shape index (κ1) is 13.8. The number of rotatable bonds is 3. The smallest absolute Gasteiger partial charge is 0.341 e. The number of nitrogens with one attached hydrogen (secondary N) is 1. The van der Waals surface area contributed by atoms with E-state index in [1.54, 1.807) is 13.8 Å². The van der Waals surface area contributed by atoms with Crippen LogP contribution in [0.5, 0.6) is 11.5 Å². The number of hydrogen-bond donors (Lipinski definition) is 3. The van der Waals surface area contributed by atoms with Crippen molar-refractivity contribution in [1.82, 2.24) is 0 Å². The molecule has 1 rings (SSSR count). The quantitative estimate of drug-likeness (QED) is 0.431. The van der Waals surface area contributed by atoms with E-state index in [0.29, 0.717) is 0 Å². The third kappa shape index (κ3) is 2.91. The van der Waals surface area contributed by atoms with E-state index in [1.807, 2.05) is 0 Å². The molecule has 0 atom stereocenters. The van der Waals surface area contributed by atoms with E-state index in [2.05, 4.69) is 10.1 Å². The van der Waals surface area contributed by atoms with Gasteiger partial charge in [-0.1, -0.05) is 13.8 Å². The zero-order chi connectivity index (χ0) is 13.9. The Balaban J connectivity index is 3.13. The monoisotopic (exact) mass is 253 g/mol. The van der Waals surface area contributed by atoms with Crippen molar-refractivity contribution in [3.8, 4) is 11.5 Å². The Morgan fingerprint density at radius 3 is 2.33 bits per heavy atom. The topological polar surface area (TPSA) is 95.9 Å². The molecular formula is C12H15NO5. The van der Waals surface area contributed by atoms with E-state index < -0.39 is 11.7 Å². The molecule has 3 N–H and O–H groups in total. The minimum atomic E-state index is -0.757. The summed E-state index contributed by atoms with van der Waals surface area (Å²) in [5, 5.41) is 21.5. The van der Waals surface area contributed by atoms with Crippen LogP contribution in [-0.2, 0) is 9.53 Å². The van der Waals surface area contributed by atoms with Gasteiger partial charge in [-0.3, -0.25) is 4.79 Å². The van der Waals surface area contributed by atoms with Gasteiger partial charge in [0.15, 0.2) is 0 Å². The normalized spacial score (nSPS) is 10.2. The van der Waals surface area contributed by atoms with Crippen molar-refractivity contribution in [1.29, 1.82) is 0 Å². The lowest BCUT2D eigenvalue weighted by atomic mass is 10.1. The fraction of sp³-hybridized carbons (Fsp3) is 0.333. The van der Waals surface area contributed by atoms with Gasteiger partial charge in [-0.15, -0.1) is 0 Å². The lowest BCUT2D eigenvalue weighted by molar-refractivity contribution is -0.118. The van der Waals surface area contributed by atoms with Gasteiger partial charge >= 0.3 is 5.97 Å². The predicted molar refractivity (Wildman–Crippen MR) is 64.6 cm³/mol. The molecule has 0 radical (unpaired) electrons. The molecule has 0 fully saturated rings. The van der Waals surface area contributed by atoms with Gasteiger partial charge in [0.1, 0.15) is 17.1 Å². The lowest BCUT2D eigenvalue weighted by Gasteiger charge is -2.11. The number of anilines is 1. The second kappa shape index (κ2) is 5.39. The highest BCUT2D eigenvalue weighted by Crippen LogP contribution is 2.32. The van der Waals surface area contributed by atoms with Crippen LogP contribution in [0.3, 0.4) is 0 Å². The Bertz CT molecular complexity index is 482. The number of esters is 1. The minimum absolute atomic E-state index is 0.0481. The second-order valence-corrected chi connectivity index (χ2v) is 4.02. The Labute approximate surface area is 104 Å². The first-order valence-electron chi connectivity index (χ1n) is 5.32. The highest BCUT2D eigenvalue weighted by Gasteiger charge is 2.17. The van der Waals surface area contributed by atoms with Gasteiger partial charge < -0.3 is 20.3 Å². The molecule has 0 aliphatic heterocycles. The molecule has 6 heteroatoms. The van der Waals surface area contributed by atoms with Crippen LogP contribution in [0.25, 0.3) is 0 Å². The molecule has 0 unspecified atom stereocenters. The number of ether oxygens (including phenoxy) is 1. The second-order valence-electron chi connectivity index (χ2n) is 4.02. The summed E-state index contributed by atoms with van der Waals surface area (Å²) >= 11 is 0. The maximum absolute atomic E-state index is 11.5. The molecule has 18 heavy (non-hydrogen) atoms. The molecule has 0 bridgehead atoms. The molecule has 1 aromatic carbocycles. The molecule has 0 heterocycles. The largest absolute Gasteiger partial charge is 0.507 e. The minimum Gasteiger partial charge on any atom is -0.507 e. The number of phenols is 2. The molecule has 0 aliphatic carbocycles. The van der Waals surface area contributed by atoms with Crippen LogP contribution in [0.2, 0.25) is 0 Å². The van der Waals surface area contributed by atoms with Crippen molar-refractivity contribution in [2.75, 3.05) is 12.4 Å². The molecule has 0 aromatic heterocycles. The van der Waals surface area contributed by atoms with Crippen molar-refractivity contribution in [2.45, 2.75) is 13.8 Å². The summed E-state index contributed by atoms with van der Waals surface area (Å²) in [7, 11) is 1.17. The Hall–Kier alpha value is -2.24. The fourth-order valence-electron chi connectivity index (χ4n) is 1.23. The van der Waals surface area contributed by atoms with Gasteiger partial charge in [-0.25, -0.2) is 4.79 Å². The summed E-state index contributed by atoms with van der Waals surface area (Å²) in [6, 6.07) is 2.14. The Kier molecular flexibility index (Phi) is 4.14. The summed E-state index contributed by atoms with van der Waals surface area (Å²) < 4.78 is 4.47. The van der Waals surface area contributed by atoms with E-state index in [4.69, 9.17) is 0 Å². The standard InChI is InChI=1S/C12H15NO5/c1-6(2)11(16)13-8-4-7(12(17)18-3)9(14)5-10(8)15/h4-6,14-15H,1-3H3,(H,13,16). The highest BCUT2D eigenvalue weighted by molar-refractivity contribution is 5.98. The average molecular weight is 253 g/mol. The Morgan fingerprint density at radius 2 is 1.83 bits per heavy atom. The van der Waals surface area contributed by atoms with Crippen molar-refractivity contribution < 1.29 is 24.5 Å². The lowest BCUT2D eigenvalue weighted by Crippen LogP contribution is -2.18. The van der Waals surface area contributed by atoms with Crippen molar-refractivity contribution in [3.63, 3.8) is 0 Å². The van der Waals surface area contributed by atoms with E-state index in [9.17, 15) is 19.8 Å². The number of hydrogen-bond acceptors (Lipinski definition) is 5. The number of amides is 1. The number of methoxy groups -OCH3 is 1. The van der Waals surface area contributed by atoms with E-state index >= 15 is 0 Å². The van der Waals surface area contributed by atoms with E-state index in [-0.39, 0.29) is 28.8 Å². The van der Waals surface area contributed by atoms with Crippen LogP contribution < -0.4 is 5.32 Å². The number of benzene rings is 1. The fourth-order valence-corrected chi connectivity index (χ4v) is 1.23. The molecule has 98 valence electrons. The summed E-state index contributed by atoms with van der Waals surface area (Å²) in [4.78, 5) is 22.8. The van der Waals surface area contributed by atoms with Crippen LogP contribution in [-0.4, -0.2) is 29.2 Å². The summed E-state index contributed by atoms with van der Waals surface area (Å²) in [5.74, 6) is -2.09. The molecule has 0 spiro atoms. The number of carbonyl (C=O) groups is 2. The molecule has 6 nitrogen and oxygen atoms in total. The molecular weight excluding hydrogens is 238 g/mol. The van der Waals surface area contributed by atoms with Crippen LogP contribution in [0.1, 0.15) is 24.2 Å². The molecule has 1 aromatic rings. The molecule has 0 saturated heterocycles. The van der Waals surface area contributed by atoms with Crippen LogP contribution >= 0.6 is 0 Å². The van der Waals surface area contributed by atoms with E-state index in [0.717, 1.165) is 12.1 Å². The zero-order valence-electron chi connectivity index (χ0n) is 10.4. The van der Waals surface area contributed by atoms with Gasteiger partial charge in [0, 0.05) is 12.0 Å². The van der Waals surface area contributed by atoms with Gasteiger partial charge in [-0.2, -0.15) is 0 Å².